The van der Waals surface area contributed by atoms with E-state index in [1.54, 1.807) is 12.1 Å². The molecule has 0 radical (unpaired) electrons. The van der Waals surface area contributed by atoms with Crippen LogP contribution < -0.4 is 5.32 Å². The van der Waals surface area contributed by atoms with E-state index in [2.05, 4.69) is 32.2 Å². The van der Waals surface area contributed by atoms with Crippen molar-refractivity contribution in [3.8, 4) is 6.07 Å². The van der Waals surface area contributed by atoms with Crippen LogP contribution in [0, 0.1) is 22.7 Å². The highest BCUT2D eigenvalue weighted by Crippen LogP contribution is 2.44. The first kappa shape index (κ1) is 19.2. The molecule has 1 aromatic heterocycles. The van der Waals surface area contributed by atoms with Crippen molar-refractivity contribution in [3.63, 3.8) is 0 Å². The van der Waals surface area contributed by atoms with E-state index in [1.165, 1.54) is 22.3 Å². The minimum absolute atomic E-state index is 0.228. The largest absolute Gasteiger partial charge is 0.312 e. The molecule has 0 saturated carbocycles. The molecule has 0 spiro atoms. The smallest absolute Gasteiger partial charge is 0.257 e. The Morgan fingerprint density at radius 2 is 2.08 bits per heavy atom. The monoisotopic (exact) mass is 406 g/mol. The number of thiophene rings is 1. The fourth-order valence-corrected chi connectivity index (χ4v) is 5.02. The Bertz CT molecular complexity index is 906. The number of benzene rings is 1. The predicted octanol–water partition coefficient (Wildman–Crippen LogP) is 6.33. The Morgan fingerprint density at radius 1 is 1.35 bits per heavy atom. The van der Waals surface area contributed by atoms with Crippen LogP contribution in [0.25, 0.3) is 0 Å². The molecular formula is C20H20Cl2N2OS. The molecule has 1 aliphatic carbocycles. The molecule has 0 unspecified atom stereocenters. The molecule has 0 bridgehead atoms. The highest BCUT2D eigenvalue weighted by Gasteiger charge is 2.32. The number of carbonyl (C=O) groups is 1. The first-order valence-electron chi connectivity index (χ1n) is 8.51. The van der Waals surface area contributed by atoms with Gasteiger partial charge in [0.25, 0.3) is 5.91 Å². The molecule has 136 valence electrons. The van der Waals surface area contributed by atoms with Gasteiger partial charge in [0.15, 0.2) is 0 Å². The molecule has 1 atom stereocenters. The number of fused-ring (bicyclic) bond motifs is 1. The van der Waals surface area contributed by atoms with Crippen LogP contribution in [0.3, 0.4) is 0 Å². The fourth-order valence-electron chi connectivity index (χ4n) is 3.37. The fraction of sp³-hybridized carbons (Fsp3) is 0.400. The van der Waals surface area contributed by atoms with Crippen LogP contribution in [0.2, 0.25) is 10.0 Å². The van der Waals surface area contributed by atoms with Gasteiger partial charge in [-0.1, -0.05) is 44.0 Å². The Kier molecular flexibility index (Phi) is 5.35. The summed E-state index contributed by atoms with van der Waals surface area (Å²) in [6, 6.07) is 7.04. The normalized spacial score (nSPS) is 16.7. The lowest BCUT2D eigenvalue weighted by Gasteiger charge is -2.33. The molecule has 26 heavy (non-hydrogen) atoms. The van der Waals surface area contributed by atoms with Crippen LogP contribution in [-0.4, -0.2) is 5.91 Å². The van der Waals surface area contributed by atoms with Crippen LogP contribution in [-0.2, 0) is 12.8 Å². The number of hydrogen-bond acceptors (Lipinski definition) is 3. The summed E-state index contributed by atoms with van der Waals surface area (Å²) < 4.78 is 0. The first-order chi connectivity index (χ1) is 12.2. The van der Waals surface area contributed by atoms with E-state index in [1.807, 2.05) is 0 Å². The number of nitriles is 1. The highest BCUT2D eigenvalue weighted by atomic mass is 35.5. The third-order valence-electron chi connectivity index (χ3n) is 5.00. The summed E-state index contributed by atoms with van der Waals surface area (Å²) in [5, 5.41) is 13.9. The number of rotatable bonds is 2. The van der Waals surface area contributed by atoms with E-state index >= 15 is 0 Å². The van der Waals surface area contributed by atoms with Gasteiger partial charge in [0.05, 0.1) is 16.1 Å². The number of halogens is 2. The maximum Gasteiger partial charge on any atom is 0.257 e. The van der Waals surface area contributed by atoms with E-state index in [0.717, 1.165) is 24.8 Å². The molecule has 1 aliphatic rings. The molecule has 3 rings (SSSR count). The van der Waals surface area contributed by atoms with Crippen molar-refractivity contribution in [2.45, 2.75) is 40.0 Å². The van der Waals surface area contributed by atoms with Gasteiger partial charge in [0.1, 0.15) is 11.1 Å². The number of nitrogens with one attached hydrogen (secondary N) is 1. The second kappa shape index (κ2) is 7.23. The quantitative estimate of drug-likeness (QED) is 0.632. The second-order valence-corrected chi connectivity index (χ2v) is 9.65. The predicted molar refractivity (Wildman–Crippen MR) is 108 cm³/mol. The van der Waals surface area contributed by atoms with Gasteiger partial charge in [0.2, 0.25) is 0 Å². The Labute approximate surface area is 167 Å². The van der Waals surface area contributed by atoms with Crippen LogP contribution >= 0.6 is 34.5 Å². The van der Waals surface area contributed by atoms with Crippen molar-refractivity contribution in [2.24, 2.45) is 11.3 Å². The third-order valence-corrected chi connectivity index (χ3v) is 6.74. The van der Waals surface area contributed by atoms with Gasteiger partial charge in [0, 0.05) is 9.90 Å². The molecule has 1 amide bonds. The molecule has 0 fully saturated rings. The molecule has 0 aliphatic heterocycles. The number of amides is 1. The van der Waals surface area contributed by atoms with Gasteiger partial charge < -0.3 is 5.32 Å². The maximum atomic E-state index is 12.6. The van der Waals surface area contributed by atoms with Gasteiger partial charge in [-0.2, -0.15) is 5.26 Å². The molecule has 3 nitrogen and oxygen atoms in total. The van der Waals surface area contributed by atoms with Crippen molar-refractivity contribution < 1.29 is 4.79 Å². The summed E-state index contributed by atoms with van der Waals surface area (Å²) >= 11 is 13.6. The number of carbonyl (C=O) groups excluding carboxylic acids is 1. The zero-order valence-corrected chi connectivity index (χ0v) is 17.3. The molecule has 1 heterocycles. The lowest BCUT2D eigenvalue weighted by Crippen LogP contribution is -2.26. The van der Waals surface area contributed by atoms with E-state index in [4.69, 9.17) is 23.2 Å². The zero-order valence-electron chi connectivity index (χ0n) is 15.0. The minimum Gasteiger partial charge on any atom is -0.312 e. The molecule has 2 aromatic rings. The average Bonchev–Trinajstić information content (AvgIpc) is 2.92. The molecular weight excluding hydrogens is 387 g/mol. The summed E-state index contributed by atoms with van der Waals surface area (Å²) in [6.07, 6.45) is 2.89. The SMILES string of the molecule is CC(C)(C)[C@H]1CCc2c(sc(NC(=O)c3cc(Cl)ccc3Cl)c2C#N)C1. The standard InChI is InChI=1S/C20H20Cl2N2OS/c1-20(2,3)11-4-6-13-15(10-23)19(26-17(13)8-11)24-18(25)14-9-12(21)5-7-16(14)22/h5,7,9,11H,4,6,8H2,1-3H3,(H,24,25)/t11-/m0/s1. The molecule has 1 N–H and O–H groups in total. The Hall–Kier alpha value is -1.54. The van der Waals surface area contributed by atoms with Gasteiger partial charge in [-0.05, 0) is 54.4 Å². The van der Waals surface area contributed by atoms with Gasteiger partial charge >= 0.3 is 0 Å². The van der Waals surface area contributed by atoms with Gasteiger partial charge in [-0.15, -0.1) is 11.3 Å². The number of hydrogen-bond donors (Lipinski definition) is 1. The van der Waals surface area contributed by atoms with Crippen molar-refractivity contribution in [1.82, 2.24) is 0 Å². The lowest BCUT2D eigenvalue weighted by molar-refractivity contribution is 0.102. The van der Waals surface area contributed by atoms with E-state index in [-0.39, 0.29) is 11.3 Å². The summed E-state index contributed by atoms with van der Waals surface area (Å²) in [6.45, 7) is 6.77. The Morgan fingerprint density at radius 3 is 2.73 bits per heavy atom. The van der Waals surface area contributed by atoms with Gasteiger partial charge in [-0.3, -0.25) is 4.79 Å². The maximum absolute atomic E-state index is 12.6. The molecule has 6 heteroatoms. The van der Waals surface area contributed by atoms with Crippen molar-refractivity contribution in [3.05, 3.63) is 49.8 Å². The van der Waals surface area contributed by atoms with E-state index < -0.39 is 0 Å². The summed E-state index contributed by atoms with van der Waals surface area (Å²) in [4.78, 5) is 13.8. The average molecular weight is 407 g/mol. The third kappa shape index (κ3) is 3.76. The summed E-state index contributed by atoms with van der Waals surface area (Å²) in [7, 11) is 0. The van der Waals surface area contributed by atoms with Crippen molar-refractivity contribution in [1.29, 1.82) is 5.26 Å². The van der Waals surface area contributed by atoms with Crippen LogP contribution in [0.4, 0.5) is 5.00 Å². The zero-order chi connectivity index (χ0) is 19.1. The van der Waals surface area contributed by atoms with E-state index in [9.17, 15) is 10.1 Å². The summed E-state index contributed by atoms with van der Waals surface area (Å²) in [5.74, 6) is 0.228. The van der Waals surface area contributed by atoms with Crippen molar-refractivity contribution in [2.75, 3.05) is 5.32 Å². The minimum atomic E-state index is -0.347. The lowest BCUT2D eigenvalue weighted by atomic mass is 9.72. The van der Waals surface area contributed by atoms with Crippen LogP contribution in [0.1, 0.15) is 53.6 Å². The Balaban J connectivity index is 1.90. The molecule has 0 saturated heterocycles. The van der Waals surface area contributed by atoms with Gasteiger partial charge in [-0.25, -0.2) is 0 Å². The van der Waals surface area contributed by atoms with Crippen molar-refractivity contribution >= 4 is 45.4 Å². The van der Waals surface area contributed by atoms with E-state index in [0.29, 0.717) is 32.1 Å². The topological polar surface area (TPSA) is 52.9 Å². The molecule has 1 aromatic carbocycles. The number of nitrogens with zero attached hydrogens (tertiary/aromatic N) is 1. The second-order valence-electron chi connectivity index (χ2n) is 7.70. The number of anilines is 1. The van der Waals surface area contributed by atoms with Crippen LogP contribution in [0.5, 0.6) is 0 Å². The first-order valence-corrected chi connectivity index (χ1v) is 10.1. The van der Waals surface area contributed by atoms with Crippen LogP contribution in [0.15, 0.2) is 18.2 Å². The highest BCUT2D eigenvalue weighted by molar-refractivity contribution is 7.16. The summed E-state index contributed by atoms with van der Waals surface area (Å²) in [5.41, 5.74) is 2.21.